The van der Waals surface area contributed by atoms with Gasteiger partial charge in [-0.2, -0.15) is 0 Å². The van der Waals surface area contributed by atoms with E-state index in [1.807, 2.05) is 19.9 Å². The summed E-state index contributed by atoms with van der Waals surface area (Å²) >= 11 is 0. The first-order valence-electron chi connectivity index (χ1n) is 3.58. The molecule has 0 aromatic carbocycles. The van der Waals surface area contributed by atoms with E-state index < -0.39 is 0 Å². The van der Waals surface area contributed by atoms with Crippen LogP contribution in [0.1, 0.15) is 20.3 Å². The van der Waals surface area contributed by atoms with Gasteiger partial charge >= 0.3 is 0 Å². The fraction of sp³-hybridized carbons (Fsp3) is 0.750. The Morgan fingerprint density at radius 2 is 2.10 bits per heavy atom. The minimum Gasteiger partial charge on any atom is -0.396 e. The van der Waals surface area contributed by atoms with E-state index >= 15 is 0 Å². The Hall–Kier alpha value is -0.340. The molecule has 0 aromatic heterocycles. The molecule has 0 aliphatic rings. The maximum atomic E-state index is 8.63. The first-order chi connectivity index (χ1) is 4.70. The summed E-state index contributed by atoms with van der Waals surface area (Å²) in [6, 6.07) is 0. The lowest BCUT2D eigenvalue weighted by atomic mass is 10.1. The standard InChI is InChI=1S/C8H16O2/c1-7(5-9)3-4-8(2)6-10/h3,8-10H,4-6H2,1-2H3. The summed E-state index contributed by atoms with van der Waals surface area (Å²) in [6.45, 7) is 4.19. The second-order valence-corrected chi connectivity index (χ2v) is 2.73. The topological polar surface area (TPSA) is 40.5 Å². The van der Waals surface area contributed by atoms with E-state index in [9.17, 15) is 0 Å². The third-order valence-corrected chi connectivity index (χ3v) is 1.43. The number of hydrogen-bond donors (Lipinski definition) is 2. The van der Waals surface area contributed by atoms with Crippen LogP contribution in [0.3, 0.4) is 0 Å². The molecule has 0 radical (unpaired) electrons. The van der Waals surface area contributed by atoms with Gasteiger partial charge in [0.15, 0.2) is 0 Å². The summed E-state index contributed by atoms with van der Waals surface area (Å²) in [7, 11) is 0. The monoisotopic (exact) mass is 144 g/mol. The van der Waals surface area contributed by atoms with Crippen molar-refractivity contribution in [2.45, 2.75) is 20.3 Å². The molecular formula is C8H16O2. The van der Waals surface area contributed by atoms with Crippen LogP contribution in [0.5, 0.6) is 0 Å². The van der Waals surface area contributed by atoms with Gasteiger partial charge in [-0.05, 0) is 19.3 Å². The van der Waals surface area contributed by atoms with Crippen LogP contribution < -0.4 is 0 Å². The molecule has 0 saturated heterocycles. The van der Waals surface area contributed by atoms with Crippen LogP contribution in [0.15, 0.2) is 11.6 Å². The summed E-state index contributed by atoms with van der Waals surface area (Å²) in [4.78, 5) is 0. The number of rotatable bonds is 4. The predicted molar refractivity (Wildman–Crippen MR) is 41.7 cm³/mol. The quantitative estimate of drug-likeness (QED) is 0.576. The molecule has 0 aliphatic carbocycles. The Morgan fingerprint density at radius 3 is 2.50 bits per heavy atom. The van der Waals surface area contributed by atoms with E-state index in [2.05, 4.69) is 0 Å². The van der Waals surface area contributed by atoms with Gasteiger partial charge in [0.25, 0.3) is 0 Å². The highest BCUT2D eigenvalue weighted by Gasteiger charge is 1.95. The number of allylic oxidation sites excluding steroid dienone is 1. The third kappa shape index (κ3) is 4.53. The first-order valence-corrected chi connectivity index (χ1v) is 3.58. The second-order valence-electron chi connectivity index (χ2n) is 2.73. The zero-order valence-electron chi connectivity index (χ0n) is 6.67. The Bertz CT molecular complexity index is 108. The SMILES string of the molecule is CC(=CCC(C)CO)CO. The largest absolute Gasteiger partial charge is 0.396 e. The first kappa shape index (κ1) is 9.66. The highest BCUT2D eigenvalue weighted by Crippen LogP contribution is 2.03. The molecule has 1 atom stereocenters. The fourth-order valence-electron chi connectivity index (χ4n) is 0.541. The number of hydrogen-bond acceptors (Lipinski definition) is 2. The van der Waals surface area contributed by atoms with E-state index in [0.717, 1.165) is 12.0 Å². The van der Waals surface area contributed by atoms with Crippen molar-refractivity contribution in [3.8, 4) is 0 Å². The van der Waals surface area contributed by atoms with Crippen LogP contribution in [0, 0.1) is 5.92 Å². The van der Waals surface area contributed by atoms with Crippen LogP contribution >= 0.6 is 0 Å². The van der Waals surface area contributed by atoms with Crippen LogP contribution in [0.2, 0.25) is 0 Å². The average molecular weight is 144 g/mol. The normalized spacial score (nSPS) is 15.4. The van der Waals surface area contributed by atoms with Gasteiger partial charge in [-0.15, -0.1) is 0 Å². The highest BCUT2D eigenvalue weighted by atomic mass is 16.3. The van der Waals surface area contributed by atoms with Crippen molar-refractivity contribution < 1.29 is 10.2 Å². The Labute approximate surface area is 62.2 Å². The summed E-state index contributed by atoms with van der Waals surface area (Å²) in [5, 5.41) is 17.2. The molecule has 0 amide bonds. The Kier molecular flexibility index (Phi) is 5.26. The summed E-state index contributed by atoms with van der Waals surface area (Å²) < 4.78 is 0. The predicted octanol–water partition coefficient (Wildman–Crippen LogP) is 0.944. The molecule has 0 spiro atoms. The molecule has 10 heavy (non-hydrogen) atoms. The maximum absolute atomic E-state index is 8.63. The van der Waals surface area contributed by atoms with E-state index in [0.29, 0.717) is 5.92 Å². The molecule has 2 nitrogen and oxygen atoms in total. The molecule has 0 saturated carbocycles. The van der Waals surface area contributed by atoms with Crippen molar-refractivity contribution in [3.05, 3.63) is 11.6 Å². The lowest BCUT2D eigenvalue weighted by Gasteiger charge is -2.02. The minimum absolute atomic E-state index is 0.123. The zero-order chi connectivity index (χ0) is 7.98. The highest BCUT2D eigenvalue weighted by molar-refractivity contribution is 4.97. The van der Waals surface area contributed by atoms with Gasteiger partial charge in [-0.25, -0.2) is 0 Å². The summed E-state index contributed by atoms with van der Waals surface area (Å²) in [5.74, 6) is 0.307. The molecule has 1 unspecified atom stereocenters. The van der Waals surface area contributed by atoms with Crippen molar-refractivity contribution in [1.29, 1.82) is 0 Å². The minimum atomic E-state index is 0.123. The average Bonchev–Trinajstić information content (AvgIpc) is 1.99. The number of aliphatic hydroxyl groups excluding tert-OH is 2. The molecule has 0 aromatic rings. The van der Waals surface area contributed by atoms with E-state index in [4.69, 9.17) is 10.2 Å². The summed E-state index contributed by atoms with van der Waals surface area (Å²) in [6.07, 6.45) is 2.81. The molecule has 2 N–H and O–H groups in total. The van der Waals surface area contributed by atoms with Crippen molar-refractivity contribution in [2.75, 3.05) is 13.2 Å². The number of aliphatic hydroxyl groups is 2. The lowest BCUT2D eigenvalue weighted by molar-refractivity contribution is 0.238. The molecule has 60 valence electrons. The van der Waals surface area contributed by atoms with Gasteiger partial charge in [0.1, 0.15) is 0 Å². The second kappa shape index (κ2) is 5.45. The molecular weight excluding hydrogens is 128 g/mol. The van der Waals surface area contributed by atoms with Crippen LogP contribution in [-0.2, 0) is 0 Å². The maximum Gasteiger partial charge on any atom is 0.0639 e. The van der Waals surface area contributed by atoms with Crippen molar-refractivity contribution >= 4 is 0 Å². The van der Waals surface area contributed by atoms with Crippen molar-refractivity contribution in [2.24, 2.45) is 5.92 Å². The Balaban J connectivity index is 3.50. The fourth-order valence-corrected chi connectivity index (χ4v) is 0.541. The molecule has 0 fully saturated rings. The third-order valence-electron chi connectivity index (χ3n) is 1.43. The van der Waals surface area contributed by atoms with Gasteiger partial charge in [0.2, 0.25) is 0 Å². The van der Waals surface area contributed by atoms with Gasteiger partial charge in [-0.3, -0.25) is 0 Å². The Morgan fingerprint density at radius 1 is 1.50 bits per heavy atom. The van der Waals surface area contributed by atoms with E-state index in [1.54, 1.807) is 0 Å². The van der Waals surface area contributed by atoms with Crippen molar-refractivity contribution in [1.82, 2.24) is 0 Å². The van der Waals surface area contributed by atoms with Crippen molar-refractivity contribution in [3.63, 3.8) is 0 Å². The summed E-state index contributed by atoms with van der Waals surface area (Å²) in [5.41, 5.74) is 0.973. The smallest absolute Gasteiger partial charge is 0.0639 e. The van der Waals surface area contributed by atoms with Gasteiger partial charge in [0.05, 0.1) is 6.61 Å². The molecule has 0 aliphatic heterocycles. The van der Waals surface area contributed by atoms with Gasteiger partial charge in [0, 0.05) is 6.61 Å². The van der Waals surface area contributed by atoms with Crippen LogP contribution in [0.4, 0.5) is 0 Å². The van der Waals surface area contributed by atoms with Gasteiger partial charge < -0.3 is 10.2 Å². The zero-order valence-corrected chi connectivity index (χ0v) is 6.67. The van der Waals surface area contributed by atoms with Crippen LogP contribution in [-0.4, -0.2) is 23.4 Å². The van der Waals surface area contributed by atoms with Crippen LogP contribution in [0.25, 0.3) is 0 Å². The molecule has 0 heterocycles. The molecule has 0 rings (SSSR count). The van der Waals surface area contributed by atoms with Gasteiger partial charge in [-0.1, -0.05) is 18.6 Å². The van der Waals surface area contributed by atoms with E-state index in [-0.39, 0.29) is 13.2 Å². The molecule has 0 bridgehead atoms. The lowest BCUT2D eigenvalue weighted by Crippen LogP contribution is -1.98. The molecule has 2 heteroatoms. The van der Waals surface area contributed by atoms with E-state index in [1.165, 1.54) is 0 Å².